The molecular formula is C23H16BrFN2O. The molecule has 0 fully saturated rings. The molecule has 1 N–H and O–H groups in total. The van der Waals surface area contributed by atoms with Crippen LogP contribution in [0, 0.1) is 12.7 Å². The van der Waals surface area contributed by atoms with Crippen molar-refractivity contribution in [2.24, 2.45) is 0 Å². The maximum Gasteiger partial charge on any atom is 0.141 e. The van der Waals surface area contributed by atoms with Gasteiger partial charge in [-0.05, 0) is 66.1 Å². The van der Waals surface area contributed by atoms with Crippen molar-refractivity contribution in [1.29, 1.82) is 0 Å². The molecule has 0 radical (unpaired) electrons. The lowest BCUT2D eigenvalue weighted by atomic mass is 9.91. The van der Waals surface area contributed by atoms with Crippen LogP contribution in [0.2, 0.25) is 0 Å². The highest BCUT2D eigenvalue weighted by atomic mass is 79.9. The van der Waals surface area contributed by atoms with E-state index in [1.165, 1.54) is 12.3 Å². The van der Waals surface area contributed by atoms with Gasteiger partial charge in [-0.2, -0.15) is 0 Å². The van der Waals surface area contributed by atoms with Gasteiger partial charge in [0.15, 0.2) is 0 Å². The highest BCUT2D eigenvalue weighted by Crippen LogP contribution is 2.40. The molecule has 0 atom stereocenters. The van der Waals surface area contributed by atoms with Crippen LogP contribution in [0.5, 0.6) is 5.75 Å². The number of aromatic hydroxyl groups is 1. The molecule has 3 nitrogen and oxygen atoms in total. The second-order valence-electron chi connectivity index (χ2n) is 6.45. The summed E-state index contributed by atoms with van der Waals surface area (Å²) in [7, 11) is 0. The van der Waals surface area contributed by atoms with Crippen molar-refractivity contribution in [2.45, 2.75) is 6.92 Å². The number of halogens is 2. The number of aromatic nitrogens is 2. The lowest BCUT2D eigenvalue weighted by Crippen LogP contribution is -1.94. The summed E-state index contributed by atoms with van der Waals surface area (Å²) in [6, 6.07) is 18.0. The lowest BCUT2D eigenvalue weighted by Gasteiger charge is -2.16. The molecule has 0 amide bonds. The van der Waals surface area contributed by atoms with Gasteiger partial charge in [0, 0.05) is 21.8 Å². The summed E-state index contributed by atoms with van der Waals surface area (Å²) < 4.78 is 14.3. The molecule has 5 heteroatoms. The summed E-state index contributed by atoms with van der Waals surface area (Å²) in [5.41, 5.74) is 6.03. The highest BCUT2D eigenvalue weighted by molar-refractivity contribution is 9.10. The first-order chi connectivity index (χ1) is 13.5. The summed E-state index contributed by atoms with van der Waals surface area (Å²) in [5, 5.41) is 10.1. The Morgan fingerprint density at radius 3 is 2.39 bits per heavy atom. The van der Waals surface area contributed by atoms with Gasteiger partial charge in [-0.3, -0.25) is 9.97 Å². The molecule has 0 unspecified atom stereocenters. The van der Waals surface area contributed by atoms with E-state index in [1.54, 1.807) is 24.4 Å². The monoisotopic (exact) mass is 434 g/mol. The van der Waals surface area contributed by atoms with Crippen LogP contribution in [0.1, 0.15) is 5.56 Å². The zero-order valence-corrected chi connectivity index (χ0v) is 16.6. The highest BCUT2D eigenvalue weighted by Gasteiger charge is 2.16. The van der Waals surface area contributed by atoms with Gasteiger partial charge in [0.2, 0.25) is 0 Å². The molecule has 0 aliphatic carbocycles. The number of phenolic OH excluding ortho intramolecular Hbond substituents is 1. The van der Waals surface area contributed by atoms with E-state index in [0.29, 0.717) is 5.69 Å². The molecule has 0 aliphatic heterocycles. The first kappa shape index (κ1) is 18.3. The van der Waals surface area contributed by atoms with E-state index in [9.17, 15) is 9.50 Å². The van der Waals surface area contributed by atoms with E-state index in [-0.39, 0.29) is 5.75 Å². The van der Waals surface area contributed by atoms with Crippen LogP contribution < -0.4 is 0 Å². The Kier molecular flexibility index (Phi) is 4.92. The zero-order chi connectivity index (χ0) is 19.7. The molecule has 2 aromatic heterocycles. The first-order valence-electron chi connectivity index (χ1n) is 8.70. The van der Waals surface area contributed by atoms with Gasteiger partial charge < -0.3 is 5.11 Å². The smallest absolute Gasteiger partial charge is 0.141 e. The van der Waals surface area contributed by atoms with Crippen LogP contribution in [-0.2, 0) is 0 Å². The fraction of sp³-hybridized carbons (Fsp3) is 0.0435. The third-order valence-corrected chi connectivity index (χ3v) is 5.04. The number of hydrogen-bond acceptors (Lipinski definition) is 3. The minimum absolute atomic E-state index is 0.123. The van der Waals surface area contributed by atoms with Gasteiger partial charge in [0.25, 0.3) is 0 Å². The number of benzene rings is 2. The van der Waals surface area contributed by atoms with Gasteiger partial charge in [-0.25, -0.2) is 4.39 Å². The number of pyridine rings is 2. The average molecular weight is 435 g/mol. The molecule has 0 bridgehead atoms. The van der Waals surface area contributed by atoms with E-state index in [4.69, 9.17) is 0 Å². The Morgan fingerprint density at radius 1 is 0.857 bits per heavy atom. The van der Waals surface area contributed by atoms with Crippen LogP contribution in [0.25, 0.3) is 33.6 Å². The fourth-order valence-corrected chi connectivity index (χ4v) is 3.59. The predicted molar refractivity (Wildman–Crippen MR) is 112 cm³/mol. The van der Waals surface area contributed by atoms with Crippen molar-refractivity contribution in [1.82, 2.24) is 9.97 Å². The minimum atomic E-state index is -0.404. The summed E-state index contributed by atoms with van der Waals surface area (Å²) in [5.74, 6) is -0.281. The Labute approximate surface area is 170 Å². The van der Waals surface area contributed by atoms with E-state index in [0.717, 1.165) is 38.0 Å². The number of phenols is 1. The Balaban J connectivity index is 1.99. The predicted octanol–water partition coefficient (Wildman–Crippen LogP) is 6.39. The number of aryl methyl sites for hydroxylation is 1. The molecular weight excluding hydrogens is 419 g/mol. The van der Waals surface area contributed by atoms with E-state index >= 15 is 0 Å². The SMILES string of the molecule is Cc1cccnc1-c1cc(Br)ccc1-c1ccc(O)cc1-c1ccc(F)cn1. The molecule has 138 valence electrons. The Hall–Kier alpha value is -3.05. The van der Waals surface area contributed by atoms with Crippen LogP contribution in [-0.4, -0.2) is 15.1 Å². The minimum Gasteiger partial charge on any atom is -0.508 e. The zero-order valence-electron chi connectivity index (χ0n) is 15.0. The molecule has 0 spiro atoms. The summed E-state index contributed by atoms with van der Waals surface area (Å²) >= 11 is 3.55. The summed E-state index contributed by atoms with van der Waals surface area (Å²) in [6.45, 7) is 2.02. The number of nitrogens with zero attached hydrogens (tertiary/aromatic N) is 2. The van der Waals surface area contributed by atoms with Crippen LogP contribution in [0.3, 0.4) is 0 Å². The molecule has 0 saturated carbocycles. The normalized spacial score (nSPS) is 10.8. The molecule has 2 aromatic carbocycles. The van der Waals surface area contributed by atoms with Gasteiger partial charge in [0.1, 0.15) is 11.6 Å². The van der Waals surface area contributed by atoms with Crippen molar-refractivity contribution in [2.75, 3.05) is 0 Å². The maximum absolute atomic E-state index is 13.4. The van der Waals surface area contributed by atoms with Crippen molar-refractivity contribution < 1.29 is 9.50 Å². The second kappa shape index (κ2) is 7.52. The van der Waals surface area contributed by atoms with Crippen molar-refractivity contribution in [3.63, 3.8) is 0 Å². The molecule has 0 aliphatic rings. The average Bonchev–Trinajstić information content (AvgIpc) is 2.69. The Bertz CT molecular complexity index is 1160. The molecule has 0 saturated heterocycles. The summed E-state index contributed by atoms with van der Waals surface area (Å²) in [6.07, 6.45) is 2.95. The largest absolute Gasteiger partial charge is 0.508 e. The Morgan fingerprint density at radius 2 is 1.64 bits per heavy atom. The number of hydrogen-bond donors (Lipinski definition) is 1. The molecule has 28 heavy (non-hydrogen) atoms. The topological polar surface area (TPSA) is 46.0 Å². The van der Waals surface area contributed by atoms with Crippen molar-refractivity contribution in [3.8, 4) is 39.4 Å². The molecule has 4 aromatic rings. The van der Waals surface area contributed by atoms with E-state index in [1.807, 2.05) is 43.3 Å². The molecule has 2 heterocycles. The quantitative estimate of drug-likeness (QED) is 0.406. The van der Waals surface area contributed by atoms with Gasteiger partial charge in [0.05, 0.1) is 17.6 Å². The molecule has 4 rings (SSSR count). The summed E-state index contributed by atoms with van der Waals surface area (Å²) in [4.78, 5) is 8.77. The van der Waals surface area contributed by atoms with E-state index in [2.05, 4.69) is 25.9 Å². The van der Waals surface area contributed by atoms with Crippen molar-refractivity contribution >= 4 is 15.9 Å². The first-order valence-corrected chi connectivity index (χ1v) is 9.49. The third-order valence-electron chi connectivity index (χ3n) is 4.54. The second-order valence-corrected chi connectivity index (χ2v) is 7.37. The van der Waals surface area contributed by atoms with Gasteiger partial charge >= 0.3 is 0 Å². The van der Waals surface area contributed by atoms with Crippen molar-refractivity contribution in [3.05, 3.63) is 88.9 Å². The maximum atomic E-state index is 13.4. The lowest BCUT2D eigenvalue weighted by molar-refractivity contribution is 0.475. The standard InChI is InChI=1S/C23H16BrFN2O/c1-14-3-2-10-26-23(14)21-11-15(24)4-7-19(21)18-8-6-17(28)12-20(18)22-9-5-16(25)13-27-22/h2-13,28H,1H3. The van der Waals surface area contributed by atoms with Gasteiger partial charge in [-0.15, -0.1) is 0 Å². The third kappa shape index (κ3) is 3.53. The van der Waals surface area contributed by atoms with E-state index < -0.39 is 5.82 Å². The fourth-order valence-electron chi connectivity index (χ4n) is 3.23. The van der Waals surface area contributed by atoms with Crippen LogP contribution in [0.4, 0.5) is 4.39 Å². The number of rotatable bonds is 3. The van der Waals surface area contributed by atoms with Gasteiger partial charge in [-0.1, -0.05) is 34.1 Å². The van der Waals surface area contributed by atoms with Crippen LogP contribution in [0.15, 0.2) is 77.5 Å². The van der Waals surface area contributed by atoms with Crippen LogP contribution >= 0.6 is 15.9 Å².